The van der Waals surface area contributed by atoms with Crippen LogP contribution in [0.2, 0.25) is 0 Å². The second-order valence-corrected chi connectivity index (χ2v) is 5.19. The zero-order chi connectivity index (χ0) is 16.7. The molecule has 0 saturated carbocycles. The average molecular weight is 314 g/mol. The topological polar surface area (TPSA) is 58.2 Å². The molecule has 4 nitrogen and oxygen atoms in total. The van der Waals surface area contributed by atoms with Crippen molar-refractivity contribution in [3.63, 3.8) is 0 Å². The Balaban J connectivity index is 1.79. The van der Waals surface area contributed by atoms with Crippen molar-refractivity contribution in [2.45, 2.75) is 19.4 Å². The van der Waals surface area contributed by atoms with E-state index in [1.807, 2.05) is 6.07 Å². The Morgan fingerprint density at radius 2 is 1.70 bits per heavy atom. The summed E-state index contributed by atoms with van der Waals surface area (Å²) in [4.78, 5) is 23.9. The third kappa shape index (κ3) is 4.92. The first-order valence-corrected chi connectivity index (χ1v) is 7.45. The highest BCUT2D eigenvalue weighted by Gasteiger charge is 2.16. The Morgan fingerprint density at radius 1 is 1.04 bits per heavy atom. The molecule has 0 saturated heterocycles. The van der Waals surface area contributed by atoms with Gasteiger partial charge < -0.3 is 10.6 Å². The van der Waals surface area contributed by atoms with Gasteiger partial charge >= 0.3 is 0 Å². The van der Waals surface area contributed by atoms with Crippen molar-refractivity contribution in [1.29, 1.82) is 0 Å². The van der Waals surface area contributed by atoms with Crippen LogP contribution in [0, 0.1) is 5.82 Å². The van der Waals surface area contributed by atoms with Crippen molar-refractivity contribution < 1.29 is 14.0 Å². The Morgan fingerprint density at radius 3 is 2.39 bits per heavy atom. The molecule has 0 bridgehead atoms. The fraction of sp³-hybridized carbons (Fsp3) is 0.222. The smallest absolute Gasteiger partial charge is 0.251 e. The summed E-state index contributed by atoms with van der Waals surface area (Å²) in [7, 11) is 0. The fourth-order valence-electron chi connectivity index (χ4n) is 2.11. The fourth-order valence-corrected chi connectivity index (χ4v) is 2.11. The van der Waals surface area contributed by atoms with Gasteiger partial charge in [-0.3, -0.25) is 9.59 Å². The van der Waals surface area contributed by atoms with Crippen LogP contribution in [-0.4, -0.2) is 24.4 Å². The molecule has 0 aliphatic rings. The van der Waals surface area contributed by atoms with Gasteiger partial charge in [0, 0.05) is 12.1 Å². The molecule has 0 aliphatic heterocycles. The van der Waals surface area contributed by atoms with Crippen molar-refractivity contribution in [3.05, 3.63) is 71.5 Å². The molecule has 0 aromatic heterocycles. The van der Waals surface area contributed by atoms with E-state index in [2.05, 4.69) is 10.6 Å². The molecule has 1 unspecified atom stereocenters. The molecule has 120 valence electrons. The average Bonchev–Trinajstić information content (AvgIpc) is 2.57. The van der Waals surface area contributed by atoms with Gasteiger partial charge in [-0.05, 0) is 37.1 Å². The molecule has 2 N–H and O–H groups in total. The van der Waals surface area contributed by atoms with E-state index in [0.717, 1.165) is 0 Å². The van der Waals surface area contributed by atoms with Crippen LogP contribution in [0.25, 0.3) is 0 Å². The van der Waals surface area contributed by atoms with Gasteiger partial charge in [0.25, 0.3) is 5.91 Å². The SMILES string of the molecule is CC(NC(=O)c1ccccc1)C(=O)NCCc1ccccc1F. The summed E-state index contributed by atoms with van der Waals surface area (Å²) in [6, 6.07) is 14.5. The lowest BCUT2D eigenvalue weighted by Crippen LogP contribution is -2.45. The number of benzene rings is 2. The summed E-state index contributed by atoms with van der Waals surface area (Å²) in [5.74, 6) is -0.889. The van der Waals surface area contributed by atoms with E-state index in [4.69, 9.17) is 0 Å². The second kappa shape index (κ2) is 8.08. The molecule has 0 aliphatic carbocycles. The van der Waals surface area contributed by atoms with Crippen LogP contribution in [0.5, 0.6) is 0 Å². The van der Waals surface area contributed by atoms with E-state index in [0.29, 0.717) is 24.1 Å². The van der Waals surface area contributed by atoms with Crippen LogP contribution in [0.4, 0.5) is 4.39 Å². The molecule has 0 heterocycles. The van der Waals surface area contributed by atoms with Crippen LogP contribution >= 0.6 is 0 Å². The lowest BCUT2D eigenvalue weighted by Gasteiger charge is -2.14. The van der Waals surface area contributed by atoms with Crippen LogP contribution in [-0.2, 0) is 11.2 Å². The Hall–Kier alpha value is -2.69. The minimum absolute atomic E-state index is 0.285. The van der Waals surface area contributed by atoms with E-state index in [9.17, 15) is 14.0 Å². The molecule has 2 aromatic carbocycles. The summed E-state index contributed by atoms with van der Waals surface area (Å²) in [6.45, 7) is 1.92. The molecule has 2 rings (SSSR count). The van der Waals surface area contributed by atoms with Crippen LogP contribution in [0.1, 0.15) is 22.8 Å². The van der Waals surface area contributed by atoms with E-state index >= 15 is 0 Å². The number of carbonyl (C=O) groups is 2. The monoisotopic (exact) mass is 314 g/mol. The zero-order valence-corrected chi connectivity index (χ0v) is 12.9. The number of amides is 2. The zero-order valence-electron chi connectivity index (χ0n) is 12.9. The van der Waals surface area contributed by atoms with Gasteiger partial charge in [-0.15, -0.1) is 0 Å². The Bertz CT molecular complexity index is 674. The molecule has 0 fully saturated rings. The minimum atomic E-state index is -0.664. The van der Waals surface area contributed by atoms with Gasteiger partial charge in [-0.25, -0.2) is 4.39 Å². The standard InChI is InChI=1S/C18H19FN2O2/c1-13(21-18(23)15-8-3-2-4-9-15)17(22)20-12-11-14-7-5-6-10-16(14)19/h2-10,13H,11-12H2,1H3,(H,20,22)(H,21,23). The summed E-state index contributed by atoms with van der Waals surface area (Å²) < 4.78 is 13.5. The molecule has 0 radical (unpaired) electrons. The van der Waals surface area contributed by atoms with E-state index in [-0.39, 0.29) is 17.6 Å². The maximum Gasteiger partial charge on any atom is 0.251 e. The van der Waals surface area contributed by atoms with Crippen LogP contribution < -0.4 is 10.6 Å². The number of hydrogen-bond acceptors (Lipinski definition) is 2. The number of halogens is 1. The number of hydrogen-bond donors (Lipinski definition) is 2. The first-order chi connectivity index (χ1) is 11.1. The third-order valence-electron chi connectivity index (χ3n) is 3.43. The predicted molar refractivity (Wildman–Crippen MR) is 86.5 cm³/mol. The van der Waals surface area contributed by atoms with Crippen LogP contribution in [0.15, 0.2) is 54.6 Å². The molecule has 1 atom stereocenters. The van der Waals surface area contributed by atoms with Gasteiger partial charge in [0.1, 0.15) is 11.9 Å². The highest BCUT2D eigenvalue weighted by atomic mass is 19.1. The molecule has 0 spiro atoms. The normalized spacial score (nSPS) is 11.6. The van der Waals surface area contributed by atoms with Gasteiger partial charge in [0.15, 0.2) is 0 Å². The number of nitrogens with one attached hydrogen (secondary N) is 2. The Labute approximate surface area is 134 Å². The maximum absolute atomic E-state index is 13.5. The maximum atomic E-state index is 13.5. The van der Waals surface area contributed by atoms with Gasteiger partial charge in [-0.2, -0.15) is 0 Å². The van der Waals surface area contributed by atoms with E-state index in [1.165, 1.54) is 6.07 Å². The van der Waals surface area contributed by atoms with E-state index < -0.39 is 6.04 Å². The second-order valence-electron chi connectivity index (χ2n) is 5.19. The van der Waals surface area contributed by atoms with Crippen molar-refractivity contribution in [2.75, 3.05) is 6.54 Å². The molecular formula is C18H19FN2O2. The largest absolute Gasteiger partial charge is 0.354 e. The quantitative estimate of drug-likeness (QED) is 0.859. The summed E-state index contributed by atoms with van der Waals surface area (Å²) in [6.07, 6.45) is 0.401. The van der Waals surface area contributed by atoms with Crippen molar-refractivity contribution in [1.82, 2.24) is 10.6 Å². The van der Waals surface area contributed by atoms with Crippen molar-refractivity contribution in [3.8, 4) is 0 Å². The molecule has 5 heteroatoms. The van der Waals surface area contributed by atoms with Crippen molar-refractivity contribution >= 4 is 11.8 Å². The number of carbonyl (C=O) groups excluding carboxylic acids is 2. The van der Waals surface area contributed by atoms with Gasteiger partial charge in [-0.1, -0.05) is 36.4 Å². The number of rotatable bonds is 6. The highest BCUT2D eigenvalue weighted by molar-refractivity contribution is 5.97. The van der Waals surface area contributed by atoms with Crippen LogP contribution in [0.3, 0.4) is 0 Å². The summed E-state index contributed by atoms with van der Waals surface area (Å²) in [5.41, 5.74) is 1.05. The lowest BCUT2D eigenvalue weighted by atomic mass is 10.1. The lowest BCUT2D eigenvalue weighted by molar-refractivity contribution is -0.122. The van der Waals surface area contributed by atoms with E-state index in [1.54, 1.807) is 49.4 Å². The van der Waals surface area contributed by atoms with Gasteiger partial charge in [0.2, 0.25) is 5.91 Å². The molecule has 2 amide bonds. The molecule has 23 heavy (non-hydrogen) atoms. The molecule has 2 aromatic rings. The third-order valence-corrected chi connectivity index (χ3v) is 3.43. The molecular weight excluding hydrogens is 295 g/mol. The first kappa shape index (κ1) is 16.7. The van der Waals surface area contributed by atoms with Gasteiger partial charge in [0.05, 0.1) is 0 Å². The Kier molecular flexibility index (Phi) is 5.86. The predicted octanol–water partition coefficient (Wildman–Crippen LogP) is 2.30. The van der Waals surface area contributed by atoms with Crippen molar-refractivity contribution in [2.24, 2.45) is 0 Å². The highest BCUT2D eigenvalue weighted by Crippen LogP contribution is 2.06. The first-order valence-electron chi connectivity index (χ1n) is 7.45. The minimum Gasteiger partial charge on any atom is -0.354 e. The summed E-state index contributed by atoms with van der Waals surface area (Å²) in [5, 5.41) is 5.33. The summed E-state index contributed by atoms with van der Waals surface area (Å²) >= 11 is 0.